The molecule has 1 heterocycles. The lowest BCUT2D eigenvalue weighted by atomic mass is 9.75. The maximum atomic E-state index is 12.8. The van der Waals surface area contributed by atoms with Gasteiger partial charge in [-0.1, -0.05) is 6.07 Å². The molecule has 1 saturated carbocycles. The molecule has 0 radical (unpaired) electrons. The number of hydrogen-bond donors (Lipinski definition) is 2. The summed E-state index contributed by atoms with van der Waals surface area (Å²) in [6.45, 7) is 1.96. The van der Waals surface area contributed by atoms with Crippen LogP contribution < -0.4 is 10.1 Å². The highest BCUT2D eigenvalue weighted by atomic mass is 16.5. The van der Waals surface area contributed by atoms with Crippen LogP contribution in [0.25, 0.3) is 0 Å². The molecular weight excluding hydrogens is 306 g/mol. The molecule has 1 amide bonds. The van der Waals surface area contributed by atoms with Gasteiger partial charge in [0.1, 0.15) is 5.75 Å². The van der Waals surface area contributed by atoms with Gasteiger partial charge in [-0.25, -0.2) is 0 Å². The van der Waals surface area contributed by atoms with Crippen LogP contribution in [0.3, 0.4) is 0 Å². The normalized spacial score (nSPS) is 21.0. The van der Waals surface area contributed by atoms with E-state index in [0.29, 0.717) is 24.2 Å². The van der Waals surface area contributed by atoms with Gasteiger partial charge in [-0.2, -0.15) is 5.10 Å². The third-order valence-electron chi connectivity index (χ3n) is 4.59. The van der Waals surface area contributed by atoms with Crippen molar-refractivity contribution in [1.82, 2.24) is 15.1 Å². The Bertz CT molecular complexity index is 735. The highest BCUT2D eigenvalue weighted by molar-refractivity contribution is 5.97. The molecule has 24 heavy (non-hydrogen) atoms. The SMILES string of the molecule is COc1cc(C)ccc1C(=O)NC(c1cnn(C)c1)C1CC(O)C1. The molecule has 3 rings (SSSR count). The molecular formula is C18H23N3O3. The molecule has 1 unspecified atom stereocenters. The van der Waals surface area contributed by atoms with Gasteiger partial charge in [-0.05, 0) is 43.4 Å². The minimum Gasteiger partial charge on any atom is -0.496 e. The van der Waals surface area contributed by atoms with E-state index in [2.05, 4.69) is 10.4 Å². The van der Waals surface area contributed by atoms with E-state index in [1.165, 1.54) is 0 Å². The number of nitrogens with one attached hydrogen (secondary N) is 1. The summed E-state index contributed by atoms with van der Waals surface area (Å²) in [6, 6.07) is 5.35. The number of aliphatic hydroxyl groups is 1. The molecule has 1 atom stereocenters. The minimum atomic E-state index is -0.278. The number of ether oxygens (including phenoxy) is 1. The van der Waals surface area contributed by atoms with Gasteiger partial charge in [-0.3, -0.25) is 9.48 Å². The third kappa shape index (κ3) is 3.28. The average molecular weight is 329 g/mol. The fourth-order valence-corrected chi connectivity index (χ4v) is 3.18. The van der Waals surface area contributed by atoms with E-state index < -0.39 is 0 Å². The Morgan fingerprint density at radius 1 is 1.46 bits per heavy atom. The van der Waals surface area contributed by atoms with Crippen LogP contribution in [0.1, 0.15) is 40.4 Å². The second-order valence-electron chi connectivity index (χ2n) is 6.49. The Hall–Kier alpha value is -2.34. The topological polar surface area (TPSA) is 76.4 Å². The smallest absolute Gasteiger partial charge is 0.255 e. The van der Waals surface area contributed by atoms with Crippen molar-refractivity contribution in [1.29, 1.82) is 0 Å². The van der Waals surface area contributed by atoms with Gasteiger partial charge in [0.15, 0.2) is 0 Å². The molecule has 128 valence electrons. The second kappa shape index (κ2) is 6.65. The van der Waals surface area contributed by atoms with Gasteiger partial charge < -0.3 is 15.2 Å². The summed E-state index contributed by atoms with van der Waals surface area (Å²) in [4.78, 5) is 12.8. The van der Waals surface area contributed by atoms with Gasteiger partial charge >= 0.3 is 0 Å². The van der Waals surface area contributed by atoms with Crippen LogP contribution in [0.4, 0.5) is 0 Å². The van der Waals surface area contributed by atoms with Crippen molar-refractivity contribution >= 4 is 5.91 Å². The third-order valence-corrected chi connectivity index (χ3v) is 4.59. The largest absolute Gasteiger partial charge is 0.496 e. The van der Waals surface area contributed by atoms with E-state index in [4.69, 9.17) is 4.74 Å². The molecule has 6 nitrogen and oxygen atoms in total. The van der Waals surface area contributed by atoms with Crippen molar-refractivity contribution in [3.63, 3.8) is 0 Å². The van der Waals surface area contributed by atoms with Crippen molar-refractivity contribution in [2.24, 2.45) is 13.0 Å². The van der Waals surface area contributed by atoms with Crippen LogP contribution in [-0.2, 0) is 7.05 Å². The van der Waals surface area contributed by atoms with E-state index >= 15 is 0 Å². The lowest BCUT2D eigenvalue weighted by molar-refractivity contribution is 0.0235. The predicted octanol–water partition coefficient (Wildman–Crippen LogP) is 1.98. The van der Waals surface area contributed by atoms with E-state index in [-0.39, 0.29) is 24.0 Å². The van der Waals surface area contributed by atoms with Gasteiger partial charge in [-0.15, -0.1) is 0 Å². The van der Waals surface area contributed by atoms with Crippen LogP contribution in [0.2, 0.25) is 0 Å². The van der Waals surface area contributed by atoms with Crippen molar-refractivity contribution in [2.45, 2.75) is 31.9 Å². The van der Waals surface area contributed by atoms with Gasteiger partial charge in [0.2, 0.25) is 0 Å². The van der Waals surface area contributed by atoms with Crippen molar-refractivity contribution in [3.8, 4) is 5.75 Å². The summed E-state index contributed by atoms with van der Waals surface area (Å²) in [7, 11) is 3.41. The summed E-state index contributed by atoms with van der Waals surface area (Å²) >= 11 is 0. The van der Waals surface area contributed by atoms with Crippen molar-refractivity contribution in [3.05, 3.63) is 47.3 Å². The molecule has 0 bridgehead atoms. The molecule has 0 spiro atoms. The molecule has 2 N–H and O–H groups in total. The zero-order valence-electron chi connectivity index (χ0n) is 14.2. The predicted molar refractivity (Wildman–Crippen MR) is 89.9 cm³/mol. The number of aryl methyl sites for hydroxylation is 2. The Morgan fingerprint density at radius 3 is 2.79 bits per heavy atom. The van der Waals surface area contributed by atoms with Gasteiger partial charge in [0.25, 0.3) is 5.91 Å². The highest BCUT2D eigenvalue weighted by Gasteiger charge is 2.36. The first-order valence-corrected chi connectivity index (χ1v) is 8.10. The molecule has 1 aromatic heterocycles. The Kier molecular flexibility index (Phi) is 4.57. The lowest BCUT2D eigenvalue weighted by Gasteiger charge is -2.37. The summed E-state index contributed by atoms with van der Waals surface area (Å²) < 4.78 is 7.06. The summed E-state index contributed by atoms with van der Waals surface area (Å²) in [5.74, 6) is 0.595. The summed E-state index contributed by atoms with van der Waals surface area (Å²) in [5.41, 5.74) is 2.50. The number of benzene rings is 1. The summed E-state index contributed by atoms with van der Waals surface area (Å²) in [5, 5.41) is 16.9. The Balaban J connectivity index is 1.83. The van der Waals surface area contributed by atoms with Gasteiger partial charge in [0.05, 0.1) is 31.0 Å². The highest BCUT2D eigenvalue weighted by Crippen LogP contribution is 2.38. The van der Waals surface area contributed by atoms with Crippen LogP contribution in [-0.4, -0.2) is 34.0 Å². The van der Waals surface area contributed by atoms with Crippen LogP contribution in [0, 0.1) is 12.8 Å². The number of methoxy groups -OCH3 is 1. The van der Waals surface area contributed by atoms with E-state index in [0.717, 1.165) is 11.1 Å². The number of aliphatic hydroxyl groups excluding tert-OH is 1. The molecule has 1 aliphatic carbocycles. The number of nitrogens with zero attached hydrogens (tertiary/aromatic N) is 2. The van der Waals surface area contributed by atoms with Crippen LogP contribution >= 0.6 is 0 Å². The molecule has 6 heteroatoms. The zero-order chi connectivity index (χ0) is 17.3. The average Bonchev–Trinajstić information content (AvgIpc) is 2.95. The lowest BCUT2D eigenvalue weighted by Crippen LogP contribution is -2.41. The maximum Gasteiger partial charge on any atom is 0.255 e. The maximum absolute atomic E-state index is 12.8. The summed E-state index contributed by atoms with van der Waals surface area (Å²) in [6.07, 6.45) is 4.76. The number of amides is 1. The number of carbonyl (C=O) groups excluding carboxylic acids is 1. The molecule has 2 aromatic rings. The second-order valence-corrected chi connectivity index (χ2v) is 6.49. The van der Waals surface area contributed by atoms with E-state index in [9.17, 15) is 9.90 Å². The molecule has 1 aromatic carbocycles. The Labute approximate surface area is 141 Å². The molecule has 1 fully saturated rings. The van der Waals surface area contributed by atoms with E-state index in [1.54, 1.807) is 24.1 Å². The zero-order valence-corrected chi connectivity index (χ0v) is 14.2. The number of hydrogen-bond acceptors (Lipinski definition) is 4. The van der Waals surface area contributed by atoms with Crippen molar-refractivity contribution < 1.29 is 14.6 Å². The number of rotatable bonds is 5. The fourth-order valence-electron chi connectivity index (χ4n) is 3.18. The molecule has 0 aliphatic heterocycles. The standard InChI is InChI=1S/C18H23N3O3/c1-11-4-5-15(16(6-11)24-3)18(23)20-17(12-7-14(22)8-12)13-9-19-21(2)10-13/h4-6,9-10,12,14,17,22H,7-8H2,1-3H3,(H,20,23). The quantitative estimate of drug-likeness (QED) is 0.879. The van der Waals surface area contributed by atoms with Crippen LogP contribution in [0.15, 0.2) is 30.6 Å². The monoisotopic (exact) mass is 329 g/mol. The van der Waals surface area contributed by atoms with E-state index in [1.807, 2.05) is 32.3 Å². The molecule has 0 saturated heterocycles. The number of aromatic nitrogens is 2. The first-order valence-electron chi connectivity index (χ1n) is 8.10. The van der Waals surface area contributed by atoms with Crippen LogP contribution in [0.5, 0.6) is 5.75 Å². The minimum absolute atomic E-state index is 0.166. The Morgan fingerprint density at radius 2 is 2.21 bits per heavy atom. The number of carbonyl (C=O) groups is 1. The molecule has 1 aliphatic rings. The van der Waals surface area contributed by atoms with Crippen molar-refractivity contribution in [2.75, 3.05) is 7.11 Å². The first-order chi connectivity index (χ1) is 11.5. The first kappa shape index (κ1) is 16.5. The van der Waals surface area contributed by atoms with Gasteiger partial charge in [0, 0.05) is 18.8 Å². The fraction of sp³-hybridized carbons (Fsp3) is 0.444.